The molecular weight excluding hydrogens is 266 g/mol. The highest BCUT2D eigenvalue weighted by molar-refractivity contribution is 7.98. The molecule has 1 rings (SSSR count). The molecule has 2 nitrogen and oxygen atoms in total. The Morgan fingerprint density at radius 2 is 1.89 bits per heavy atom. The zero-order valence-corrected chi connectivity index (χ0v) is 12.8. The molecule has 1 amide bonds. The van der Waals surface area contributed by atoms with E-state index in [1.165, 1.54) is 0 Å². The number of amides is 1. The lowest BCUT2D eigenvalue weighted by Gasteiger charge is -2.22. The van der Waals surface area contributed by atoms with E-state index in [1.54, 1.807) is 17.8 Å². The van der Waals surface area contributed by atoms with Gasteiger partial charge in [-0.25, -0.2) is 0 Å². The summed E-state index contributed by atoms with van der Waals surface area (Å²) >= 11 is 7.75. The molecule has 1 aromatic carbocycles. The maximum Gasteiger partial charge on any atom is 0.255 e. The fourth-order valence-corrected chi connectivity index (χ4v) is 2.46. The molecule has 0 aliphatic heterocycles. The molecule has 0 unspecified atom stereocenters. The molecule has 0 bridgehead atoms. The van der Waals surface area contributed by atoms with Crippen LogP contribution in [0, 0.1) is 0 Å². The molecule has 100 valence electrons. The number of hydrogen-bond donors (Lipinski definition) is 0. The summed E-state index contributed by atoms with van der Waals surface area (Å²) in [6, 6.07) is 5.62. The summed E-state index contributed by atoms with van der Waals surface area (Å²) < 4.78 is 0. The second-order valence-corrected chi connectivity index (χ2v) is 5.42. The fraction of sp³-hybridized carbons (Fsp3) is 0.500. The Morgan fingerprint density at radius 1 is 1.28 bits per heavy atom. The van der Waals surface area contributed by atoms with Gasteiger partial charge in [-0.05, 0) is 37.3 Å². The summed E-state index contributed by atoms with van der Waals surface area (Å²) in [5.41, 5.74) is 0.616. The van der Waals surface area contributed by atoms with Gasteiger partial charge >= 0.3 is 0 Å². The van der Waals surface area contributed by atoms with Gasteiger partial charge in [-0.2, -0.15) is 0 Å². The Kier molecular flexibility index (Phi) is 6.58. The second kappa shape index (κ2) is 7.70. The maximum absolute atomic E-state index is 12.4. The summed E-state index contributed by atoms with van der Waals surface area (Å²) in [7, 11) is 0. The first-order valence-electron chi connectivity index (χ1n) is 6.26. The first-order chi connectivity index (χ1) is 8.63. The quantitative estimate of drug-likeness (QED) is 0.725. The molecule has 0 spiro atoms. The molecule has 18 heavy (non-hydrogen) atoms. The molecule has 0 aliphatic rings. The van der Waals surface area contributed by atoms with Crippen molar-refractivity contribution >= 4 is 29.3 Å². The highest BCUT2D eigenvalue weighted by Gasteiger charge is 2.17. The molecule has 0 aliphatic carbocycles. The Bertz CT molecular complexity index is 403. The standard InChI is InChI=1S/C14H20ClNOS/c1-4-8-16(9-5-2)14(17)12-10-11(18-3)6-7-13(12)15/h6-7,10H,4-5,8-9H2,1-3H3. The normalized spacial score (nSPS) is 10.4. The van der Waals surface area contributed by atoms with E-state index >= 15 is 0 Å². The molecule has 0 saturated heterocycles. The first-order valence-corrected chi connectivity index (χ1v) is 7.87. The number of rotatable bonds is 6. The Balaban J connectivity index is 2.99. The average Bonchev–Trinajstić information content (AvgIpc) is 2.38. The van der Waals surface area contributed by atoms with Crippen molar-refractivity contribution in [2.75, 3.05) is 19.3 Å². The van der Waals surface area contributed by atoms with Crippen LogP contribution in [-0.2, 0) is 0 Å². The Hall–Kier alpha value is -0.670. The van der Waals surface area contributed by atoms with Gasteiger partial charge < -0.3 is 4.90 Å². The summed E-state index contributed by atoms with van der Waals surface area (Å²) in [6.07, 6.45) is 3.92. The Morgan fingerprint density at radius 3 is 2.39 bits per heavy atom. The third-order valence-electron chi connectivity index (χ3n) is 2.68. The number of carbonyl (C=O) groups is 1. The number of carbonyl (C=O) groups excluding carboxylic acids is 1. The summed E-state index contributed by atoms with van der Waals surface area (Å²) in [5.74, 6) is 0.0413. The van der Waals surface area contributed by atoms with E-state index in [-0.39, 0.29) is 5.91 Å². The van der Waals surface area contributed by atoms with Gasteiger partial charge in [-0.1, -0.05) is 25.4 Å². The molecular formula is C14H20ClNOS. The molecule has 4 heteroatoms. The summed E-state index contributed by atoms with van der Waals surface area (Å²) in [5, 5.41) is 0.537. The van der Waals surface area contributed by atoms with Crippen molar-refractivity contribution in [2.45, 2.75) is 31.6 Å². The van der Waals surface area contributed by atoms with Gasteiger partial charge in [0, 0.05) is 18.0 Å². The molecule has 0 N–H and O–H groups in total. The van der Waals surface area contributed by atoms with E-state index in [0.29, 0.717) is 10.6 Å². The minimum atomic E-state index is 0.0413. The van der Waals surface area contributed by atoms with E-state index in [0.717, 1.165) is 30.8 Å². The van der Waals surface area contributed by atoms with Gasteiger partial charge in [0.05, 0.1) is 10.6 Å². The highest BCUT2D eigenvalue weighted by Crippen LogP contribution is 2.24. The van der Waals surface area contributed by atoms with E-state index < -0.39 is 0 Å². The van der Waals surface area contributed by atoms with Crippen molar-refractivity contribution in [3.63, 3.8) is 0 Å². The zero-order chi connectivity index (χ0) is 13.5. The van der Waals surface area contributed by atoms with Crippen LogP contribution in [0.25, 0.3) is 0 Å². The third-order valence-corrected chi connectivity index (χ3v) is 3.73. The number of thioether (sulfide) groups is 1. The van der Waals surface area contributed by atoms with Crippen molar-refractivity contribution in [1.82, 2.24) is 4.90 Å². The Labute approximate surface area is 119 Å². The number of halogens is 1. The van der Waals surface area contributed by atoms with Gasteiger partial charge in [-0.3, -0.25) is 4.79 Å². The average molecular weight is 286 g/mol. The fourth-order valence-electron chi connectivity index (χ4n) is 1.82. The van der Waals surface area contributed by atoms with Crippen molar-refractivity contribution in [1.29, 1.82) is 0 Å². The van der Waals surface area contributed by atoms with Crippen molar-refractivity contribution in [3.8, 4) is 0 Å². The van der Waals surface area contributed by atoms with Crippen LogP contribution < -0.4 is 0 Å². The van der Waals surface area contributed by atoms with Gasteiger partial charge in [0.2, 0.25) is 0 Å². The molecule has 0 fully saturated rings. The van der Waals surface area contributed by atoms with Crippen LogP contribution in [0.4, 0.5) is 0 Å². The zero-order valence-electron chi connectivity index (χ0n) is 11.2. The topological polar surface area (TPSA) is 20.3 Å². The summed E-state index contributed by atoms with van der Waals surface area (Å²) in [4.78, 5) is 15.4. The van der Waals surface area contributed by atoms with Gasteiger partial charge in [0.25, 0.3) is 5.91 Å². The van der Waals surface area contributed by atoms with Crippen LogP contribution in [0.5, 0.6) is 0 Å². The number of hydrogen-bond acceptors (Lipinski definition) is 2. The van der Waals surface area contributed by atoms with E-state index in [4.69, 9.17) is 11.6 Å². The lowest BCUT2D eigenvalue weighted by molar-refractivity contribution is 0.0755. The van der Waals surface area contributed by atoms with Crippen LogP contribution >= 0.6 is 23.4 Å². The maximum atomic E-state index is 12.4. The molecule has 0 saturated carbocycles. The van der Waals surface area contributed by atoms with Crippen LogP contribution in [0.3, 0.4) is 0 Å². The van der Waals surface area contributed by atoms with Crippen molar-refractivity contribution < 1.29 is 4.79 Å². The van der Waals surface area contributed by atoms with Crippen molar-refractivity contribution in [3.05, 3.63) is 28.8 Å². The van der Waals surface area contributed by atoms with Gasteiger partial charge in [-0.15, -0.1) is 11.8 Å². The minimum Gasteiger partial charge on any atom is -0.339 e. The predicted molar refractivity (Wildman–Crippen MR) is 79.7 cm³/mol. The first kappa shape index (κ1) is 15.4. The highest BCUT2D eigenvalue weighted by atomic mass is 35.5. The monoisotopic (exact) mass is 285 g/mol. The smallest absolute Gasteiger partial charge is 0.255 e. The van der Waals surface area contributed by atoms with E-state index in [9.17, 15) is 4.79 Å². The largest absolute Gasteiger partial charge is 0.339 e. The molecule has 0 radical (unpaired) electrons. The second-order valence-electron chi connectivity index (χ2n) is 4.14. The van der Waals surface area contributed by atoms with Gasteiger partial charge in [0.15, 0.2) is 0 Å². The molecule has 0 heterocycles. The minimum absolute atomic E-state index is 0.0413. The molecule has 0 atom stereocenters. The van der Waals surface area contributed by atoms with Crippen LogP contribution in [0.2, 0.25) is 5.02 Å². The van der Waals surface area contributed by atoms with Crippen LogP contribution in [0.15, 0.2) is 23.1 Å². The van der Waals surface area contributed by atoms with Crippen molar-refractivity contribution in [2.24, 2.45) is 0 Å². The lowest BCUT2D eigenvalue weighted by atomic mass is 10.2. The van der Waals surface area contributed by atoms with Gasteiger partial charge in [0.1, 0.15) is 0 Å². The number of benzene rings is 1. The third kappa shape index (κ3) is 3.92. The lowest BCUT2D eigenvalue weighted by Crippen LogP contribution is -2.32. The van der Waals surface area contributed by atoms with E-state index in [2.05, 4.69) is 13.8 Å². The van der Waals surface area contributed by atoms with Crippen LogP contribution in [-0.4, -0.2) is 30.2 Å². The SMILES string of the molecule is CCCN(CCC)C(=O)c1cc(SC)ccc1Cl. The predicted octanol–water partition coefficient (Wildman–Crippen LogP) is 4.32. The molecule has 1 aromatic rings. The van der Waals surface area contributed by atoms with E-state index in [1.807, 2.05) is 23.3 Å². The molecule has 0 aromatic heterocycles. The summed E-state index contributed by atoms with van der Waals surface area (Å²) in [6.45, 7) is 5.73. The van der Waals surface area contributed by atoms with Crippen LogP contribution in [0.1, 0.15) is 37.0 Å². The number of nitrogens with zero attached hydrogens (tertiary/aromatic N) is 1.